The van der Waals surface area contributed by atoms with Gasteiger partial charge in [-0.05, 0) is 56.2 Å². The molecule has 0 aliphatic rings. The van der Waals surface area contributed by atoms with Crippen LogP contribution in [0.5, 0.6) is 0 Å². The van der Waals surface area contributed by atoms with E-state index in [9.17, 15) is 18.3 Å². The minimum Gasteiger partial charge on any atom is -0.389 e. The summed E-state index contributed by atoms with van der Waals surface area (Å²) >= 11 is 0. The van der Waals surface area contributed by atoms with Crippen LogP contribution in [-0.4, -0.2) is 45.4 Å². The number of fused-ring (bicyclic) bond motifs is 1. The van der Waals surface area contributed by atoms with E-state index in [-0.39, 0.29) is 13.0 Å². The van der Waals surface area contributed by atoms with Crippen LogP contribution in [0.25, 0.3) is 10.9 Å². The third-order valence-electron chi connectivity index (χ3n) is 5.59. The fourth-order valence-corrected chi connectivity index (χ4v) is 4.08. The van der Waals surface area contributed by atoms with Crippen LogP contribution in [0, 0.1) is 11.8 Å². The Hall–Kier alpha value is -3.19. The number of aliphatic hydroxyl groups is 1. The Bertz CT molecular complexity index is 1300. The maximum atomic E-state index is 12.1. The van der Waals surface area contributed by atoms with Crippen molar-refractivity contribution in [2.75, 3.05) is 6.26 Å². The fourth-order valence-electron chi connectivity index (χ4n) is 3.24. The molecule has 3 N–H and O–H groups in total. The molecule has 8 nitrogen and oxygen atoms in total. The number of aliphatic hydroxyl groups excluding tert-OH is 1. The molecular formula is C23H25N3O5S. The zero-order valence-electron chi connectivity index (χ0n) is 18.0. The van der Waals surface area contributed by atoms with Crippen LogP contribution >= 0.6 is 0 Å². The Labute approximate surface area is 186 Å². The average molecular weight is 456 g/mol. The van der Waals surface area contributed by atoms with Crippen molar-refractivity contribution in [3.05, 3.63) is 65.4 Å². The minimum atomic E-state index is -3.78. The summed E-state index contributed by atoms with van der Waals surface area (Å²) in [6, 6.07) is 12.9. The third-order valence-corrected chi connectivity index (χ3v) is 7.61. The van der Waals surface area contributed by atoms with Gasteiger partial charge >= 0.3 is 0 Å². The molecule has 2 atom stereocenters. The lowest BCUT2D eigenvalue weighted by molar-refractivity contribution is -0.131. The highest BCUT2D eigenvalue weighted by atomic mass is 32.2. The summed E-state index contributed by atoms with van der Waals surface area (Å²) in [5.41, 5.74) is 4.66. The Morgan fingerprint density at radius 1 is 1.19 bits per heavy atom. The van der Waals surface area contributed by atoms with E-state index in [4.69, 9.17) is 5.21 Å². The van der Waals surface area contributed by atoms with Crippen molar-refractivity contribution < 1.29 is 23.5 Å². The second-order valence-electron chi connectivity index (χ2n) is 7.88. The fraction of sp³-hybridized carbons (Fsp3) is 0.304. The number of aromatic nitrogens is 2. The standard InChI is InChI=1S/C23H25N3O5S/c1-16(27)19-9-6-17(7-10-19)4-5-18-8-11-21-20(14-18)15-24-26(21)13-12-23(2,22(28)25-29)32(3,30)31/h6-11,14-16,27,29H,12-13H2,1-3H3,(H,25,28)/t16-,23-/m1/s1. The number of amides is 1. The molecule has 0 spiro atoms. The number of benzene rings is 2. The summed E-state index contributed by atoms with van der Waals surface area (Å²) in [6.45, 7) is 3.15. The molecule has 0 saturated heterocycles. The van der Waals surface area contributed by atoms with Gasteiger partial charge in [0.25, 0.3) is 5.91 Å². The quantitative estimate of drug-likeness (QED) is 0.298. The molecule has 3 aromatic rings. The van der Waals surface area contributed by atoms with Gasteiger partial charge in [0.2, 0.25) is 0 Å². The number of carbonyl (C=O) groups is 1. The number of carbonyl (C=O) groups excluding carboxylic acids is 1. The van der Waals surface area contributed by atoms with Gasteiger partial charge in [-0.15, -0.1) is 0 Å². The van der Waals surface area contributed by atoms with Gasteiger partial charge in [0, 0.05) is 29.3 Å². The van der Waals surface area contributed by atoms with Crippen LogP contribution < -0.4 is 5.48 Å². The summed E-state index contributed by atoms with van der Waals surface area (Å²) in [4.78, 5) is 12.0. The molecule has 0 saturated carbocycles. The molecule has 0 aliphatic carbocycles. The minimum absolute atomic E-state index is 0.0565. The van der Waals surface area contributed by atoms with Crippen molar-refractivity contribution in [3.63, 3.8) is 0 Å². The summed E-state index contributed by atoms with van der Waals surface area (Å²) in [6.07, 6.45) is 2.04. The van der Waals surface area contributed by atoms with Gasteiger partial charge in [-0.2, -0.15) is 5.10 Å². The average Bonchev–Trinajstić information content (AvgIpc) is 3.17. The van der Waals surface area contributed by atoms with Crippen molar-refractivity contribution in [1.82, 2.24) is 15.3 Å². The summed E-state index contributed by atoms with van der Waals surface area (Å²) in [5, 5.41) is 23.7. The number of hydrogen-bond donors (Lipinski definition) is 3. The van der Waals surface area contributed by atoms with Gasteiger partial charge < -0.3 is 5.11 Å². The highest BCUT2D eigenvalue weighted by molar-refractivity contribution is 7.92. The molecule has 0 radical (unpaired) electrons. The lowest BCUT2D eigenvalue weighted by Crippen LogP contribution is -2.49. The van der Waals surface area contributed by atoms with Crippen molar-refractivity contribution in [2.24, 2.45) is 0 Å². The normalized spacial score (nSPS) is 14.3. The van der Waals surface area contributed by atoms with E-state index in [0.29, 0.717) is 0 Å². The van der Waals surface area contributed by atoms with E-state index in [0.717, 1.165) is 33.8 Å². The molecule has 0 bridgehead atoms. The molecule has 0 unspecified atom stereocenters. The third kappa shape index (κ3) is 4.83. The van der Waals surface area contributed by atoms with E-state index < -0.39 is 26.6 Å². The predicted octanol–water partition coefficient (Wildman–Crippen LogP) is 2.19. The molecular weight excluding hydrogens is 430 g/mol. The van der Waals surface area contributed by atoms with Crippen molar-refractivity contribution in [1.29, 1.82) is 0 Å². The largest absolute Gasteiger partial charge is 0.389 e. The number of nitrogens with zero attached hydrogens (tertiary/aromatic N) is 2. The van der Waals surface area contributed by atoms with Crippen LogP contribution in [0.1, 0.15) is 43.1 Å². The van der Waals surface area contributed by atoms with Gasteiger partial charge in [0.05, 0.1) is 17.8 Å². The Balaban J connectivity index is 1.80. The number of hydroxylamine groups is 1. The Kier molecular flexibility index (Phi) is 6.69. The smallest absolute Gasteiger partial charge is 0.264 e. The lowest BCUT2D eigenvalue weighted by atomic mass is 10.1. The molecule has 1 aromatic heterocycles. The first-order chi connectivity index (χ1) is 15.0. The van der Waals surface area contributed by atoms with Gasteiger partial charge in [-0.1, -0.05) is 24.0 Å². The van der Waals surface area contributed by atoms with E-state index in [1.54, 1.807) is 17.8 Å². The van der Waals surface area contributed by atoms with Gasteiger partial charge in [0.1, 0.15) is 0 Å². The van der Waals surface area contributed by atoms with E-state index in [1.807, 2.05) is 42.5 Å². The second kappa shape index (κ2) is 9.12. The molecule has 0 fully saturated rings. The summed E-state index contributed by atoms with van der Waals surface area (Å²) < 4.78 is 24.1. The first-order valence-corrected chi connectivity index (χ1v) is 11.8. The van der Waals surface area contributed by atoms with Gasteiger partial charge in [0.15, 0.2) is 14.6 Å². The van der Waals surface area contributed by atoms with Crippen LogP contribution in [-0.2, 0) is 21.2 Å². The summed E-state index contributed by atoms with van der Waals surface area (Å²) in [7, 11) is -3.78. The van der Waals surface area contributed by atoms with E-state index >= 15 is 0 Å². The van der Waals surface area contributed by atoms with Gasteiger partial charge in [-0.25, -0.2) is 13.9 Å². The zero-order valence-corrected chi connectivity index (χ0v) is 18.8. The van der Waals surface area contributed by atoms with Crippen LogP contribution in [0.15, 0.2) is 48.7 Å². The number of nitrogens with one attached hydrogen (secondary N) is 1. The molecule has 1 amide bonds. The van der Waals surface area contributed by atoms with Crippen molar-refractivity contribution in [2.45, 2.75) is 37.7 Å². The topological polar surface area (TPSA) is 122 Å². The predicted molar refractivity (Wildman–Crippen MR) is 121 cm³/mol. The maximum Gasteiger partial charge on any atom is 0.264 e. The van der Waals surface area contributed by atoms with Gasteiger partial charge in [-0.3, -0.25) is 14.7 Å². The van der Waals surface area contributed by atoms with E-state index in [2.05, 4.69) is 16.9 Å². The summed E-state index contributed by atoms with van der Waals surface area (Å²) in [5.74, 6) is 5.21. The van der Waals surface area contributed by atoms with Crippen molar-refractivity contribution in [3.8, 4) is 11.8 Å². The number of aryl methyl sites for hydroxylation is 1. The highest BCUT2D eigenvalue weighted by Gasteiger charge is 2.43. The molecule has 9 heteroatoms. The van der Waals surface area contributed by atoms with Crippen molar-refractivity contribution >= 4 is 26.6 Å². The molecule has 32 heavy (non-hydrogen) atoms. The monoisotopic (exact) mass is 455 g/mol. The Morgan fingerprint density at radius 3 is 2.41 bits per heavy atom. The number of hydrogen-bond acceptors (Lipinski definition) is 6. The maximum absolute atomic E-state index is 12.1. The molecule has 3 rings (SSSR count). The second-order valence-corrected chi connectivity index (χ2v) is 10.3. The molecule has 1 heterocycles. The van der Waals surface area contributed by atoms with Crippen LogP contribution in [0.3, 0.4) is 0 Å². The van der Waals surface area contributed by atoms with E-state index in [1.165, 1.54) is 12.4 Å². The molecule has 0 aliphatic heterocycles. The molecule has 168 valence electrons. The lowest BCUT2D eigenvalue weighted by Gasteiger charge is -2.25. The van der Waals surface area contributed by atoms with Crippen LogP contribution in [0.4, 0.5) is 0 Å². The zero-order chi connectivity index (χ0) is 23.5. The number of sulfone groups is 1. The first kappa shape index (κ1) is 23.5. The van der Waals surface area contributed by atoms with Crippen LogP contribution in [0.2, 0.25) is 0 Å². The SMILES string of the molecule is C[C@@H](O)c1ccc(C#Cc2ccc3c(cnn3CC[C@](C)(C(=O)NO)S(C)(=O)=O)c2)cc1. The number of rotatable bonds is 6. The Morgan fingerprint density at radius 2 is 1.81 bits per heavy atom. The molecule has 2 aromatic carbocycles. The first-order valence-electron chi connectivity index (χ1n) is 9.95. The highest BCUT2D eigenvalue weighted by Crippen LogP contribution is 2.24.